The Balaban J connectivity index is 1.87. The Hall–Kier alpha value is -2.12. The molecule has 2 rings (SSSR count). The van der Waals surface area contributed by atoms with Crippen LogP contribution in [0.4, 0.5) is 0 Å². The van der Waals surface area contributed by atoms with Crippen molar-refractivity contribution < 1.29 is 24.3 Å². The molecule has 0 unspecified atom stereocenters. The molecule has 0 saturated carbocycles. The summed E-state index contributed by atoms with van der Waals surface area (Å²) in [6.07, 6.45) is 2.44. The summed E-state index contributed by atoms with van der Waals surface area (Å²) in [6.45, 7) is 2.13. The first-order chi connectivity index (χ1) is 10.4. The summed E-state index contributed by atoms with van der Waals surface area (Å²) in [5, 5.41) is 11.6. The van der Waals surface area contributed by atoms with Gasteiger partial charge in [-0.05, 0) is 25.7 Å². The lowest BCUT2D eigenvalue weighted by Gasteiger charge is -2.24. The predicted molar refractivity (Wildman–Crippen MR) is 75.8 cm³/mol. The molecule has 0 aromatic heterocycles. The lowest BCUT2D eigenvalue weighted by molar-refractivity contribution is -0.148. The molecule has 2 heterocycles. The van der Waals surface area contributed by atoms with Crippen LogP contribution in [0.2, 0.25) is 0 Å². The van der Waals surface area contributed by atoms with Gasteiger partial charge in [-0.15, -0.1) is 0 Å². The first-order valence-electron chi connectivity index (χ1n) is 7.49. The van der Waals surface area contributed by atoms with Crippen LogP contribution in [0.3, 0.4) is 0 Å². The third-order valence-corrected chi connectivity index (χ3v) is 4.23. The maximum Gasteiger partial charge on any atom is 0.326 e. The van der Waals surface area contributed by atoms with Crippen molar-refractivity contribution in [2.45, 2.75) is 44.7 Å². The van der Waals surface area contributed by atoms with E-state index in [9.17, 15) is 19.2 Å². The van der Waals surface area contributed by atoms with Crippen LogP contribution in [0.5, 0.6) is 0 Å². The summed E-state index contributed by atoms with van der Waals surface area (Å²) >= 11 is 0. The molecule has 2 N–H and O–H groups in total. The Morgan fingerprint density at radius 1 is 1.05 bits per heavy atom. The number of hydrogen-bond acceptors (Lipinski definition) is 4. The maximum atomic E-state index is 12.1. The van der Waals surface area contributed by atoms with Crippen molar-refractivity contribution in [1.82, 2.24) is 15.1 Å². The van der Waals surface area contributed by atoms with Gasteiger partial charge in [0.2, 0.25) is 17.7 Å². The second-order valence-electron chi connectivity index (χ2n) is 5.67. The van der Waals surface area contributed by atoms with E-state index in [-0.39, 0.29) is 18.4 Å². The van der Waals surface area contributed by atoms with Crippen LogP contribution in [-0.2, 0) is 19.2 Å². The molecule has 0 aromatic carbocycles. The molecule has 122 valence electrons. The van der Waals surface area contributed by atoms with Gasteiger partial charge in [-0.1, -0.05) is 0 Å². The van der Waals surface area contributed by atoms with Gasteiger partial charge >= 0.3 is 5.97 Å². The fourth-order valence-electron chi connectivity index (χ4n) is 3.12. The molecule has 3 amide bonds. The molecule has 2 aliphatic heterocycles. The smallest absolute Gasteiger partial charge is 0.326 e. The van der Waals surface area contributed by atoms with Crippen LogP contribution in [0.1, 0.15) is 32.6 Å². The molecule has 8 nitrogen and oxygen atoms in total. The Kier molecular flexibility index (Phi) is 4.99. The number of carboxylic acids is 1. The zero-order chi connectivity index (χ0) is 16.3. The molecular weight excluding hydrogens is 290 g/mol. The number of nitrogens with zero attached hydrogens (tertiary/aromatic N) is 2. The Bertz CT molecular complexity index is 449. The first kappa shape index (κ1) is 16.3. The highest BCUT2D eigenvalue weighted by atomic mass is 16.4. The largest absolute Gasteiger partial charge is 0.480 e. The summed E-state index contributed by atoms with van der Waals surface area (Å²) in [5.41, 5.74) is 0. The molecule has 0 aromatic rings. The van der Waals surface area contributed by atoms with E-state index >= 15 is 0 Å². The lowest BCUT2D eigenvalue weighted by Crippen LogP contribution is -2.49. The highest BCUT2D eigenvalue weighted by molar-refractivity contribution is 5.91. The summed E-state index contributed by atoms with van der Waals surface area (Å²) in [4.78, 5) is 49.4. The van der Waals surface area contributed by atoms with Gasteiger partial charge in [-0.3, -0.25) is 14.4 Å². The average molecular weight is 311 g/mol. The second kappa shape index (κ2) is 6.76. The molecule has 2 aliphatic rings. The fraction of sp³-hybridized carbons (Fsp3) is 0.714. The molecule has 0 radical (unpaired) electrons. The number of carbonyl (C=O) groups excluding carboxylic acids is 3. The van der Waals surface area contributed by atoms with E-state index < -0.39 is 24.0 Å². The van der Waals surface area contributed by atoms with Crippen molar-refractivity contribution in [3.8, 4) is 0 Å². The second-order valence-corrected chi connectivity index (χ2v) is 5.67. The monoisotopic (exact) mass is 311 g/mol. The minimum atomic E-state index is -1.02. The minimum absolute atomic E-state index is 0.158. The maximum absolute atomic E-state index is 12.1. The molecule has 8 heteroatoms. The highest BCUT2D eigenvalue weighted by Crippen LogP contribution is 2.18. The topological polar surface area (TPSA) is 107 Å². The molecular formula is C14H21N3O5. The van der Waals surface area contributed by atoms with Gasteiger partial charge in [0.25, 0.3) is 0 Å². The van der Waals surface area contributed by atoms with Crippen molar-refractivity contribution in [2.24, 2.45) is 0 Å². The molecule has 2 atom stereocenters. The molecule has 22 heavy (non-hydrogen) atoms. The van der Waals surface area contributed by atoms with E-state index in [1.807, 2.05) is 0 Å². The third-order valence-electron chi connectivity index (χ3n) is 4.23. The molecule has 2 fully saturated rings. The highest BCUT2D eigenvalue weighted by Gasteiger charge is 2.35. The first-order valence-corrected chi connectivity index (χ1v) is 7.49. The van der Waals surface area contributed by atoms with E-state index in [0.717, 1.165) is 6.42 Å². The van der Waals surface area contributed by atoms with Gasteiger partial charge in [-0.2, -0.15) is 0 Å². The Morgan fingerprint density at radius 3 is 2.23 bits per heavy atom. The molecule has 0 bridgehead atoms. The zero-order valence-electron chi connectivity index (χ0n) is 12.6. The lowest BCUT2D eigenvalue weighted by atomic mass is 10.2. The molecule has 0 spiro atoms. The van der Waals surface area contributed by atoms with E-state index in [4.69, 9.17) is 5.11 Å². The van der Waals surface area contributed by atoms with E-state index in [0.29, 0.717) is 32.4 Å². The van der Waals surface area contributed by atoms with Gasteiger partial charge in [0.05, 0.1) is 6.54 Å². The normalized spacial score (nSPS) is 24.4. The van der Waals surface area contributed by atoms with Crippen molar-refractivity contribution in [3.63, 3.8) is 0 Å². The van der Waals surface area contributed by atoms with Gasteiger partial charge in [0.15, 0.2) is 0 Å². The molecule has 2 saturated heterocycles. The van der Waals surface area contributed by atoms with Gasteiger partial charge in [0, 0.05) is 20.0 Å². The number of likely N-dealkylation sites (tertiary alicyclic amines) is 2. The number of hydrogen-bond donors (Lipinski definition) is 2. The van der Waals surface area contributed by atoms with E-state index in [1.54, 1.807) is 0 Å². The van der Waals surface area contributed by atoms with Gasteiger partial charge < -0.3 is 20.2 Å². The number of carbonyl (C=O) groups is 4. The predicted octanol–water partition coefficient (Wildman–Crippen LogP) is -0.811. The van der Waals surface area contributed by atoms with E-state index in [1.165, 1.54) is 16.7 Å². The SMILES string of the molecule is CC(=O)N1CCC[C@H]1C(=O)NCC(=O)N1CCC[C@H]1C(=O)O. The van der Waals surface area contributed by atoms with Gasteiger partial charge in [0.1, 0.15) is 12.1 Å². The number of aliphatic carboxylic acids is 1. The summed E-state index contributed by atoms with van der Waals surface area (Å²) in [7, 11) is 0. The number of rotatable bonds is 4. The molecule has 0 aliphatic carbocycles. The minimum Gasteiger partial charge on any atom is -0.480 e. The Morgan fingerprint density at radius 2 is 1.64 bits per heavy atom. The summed E-state index contributed by atoms with van der Waals surface area (Å²) in [5.74, 6) is -1.93. The van der Waals surface area contributed by atoms with Crippen LogP contribution in [0.25, 0.3) is 0 Å². The van der Waals surface area contributed by atoms with Crippen molar-refractivity contribution in [1.29, 1.82) is 0 Å². The van der Waals surface area contributed by atoms with Crippen LogP contribution in [0, 0.1) is 0 Å². The summed E-state index contributed by atoms with van der Waals surface area (Å²) < 4.78 is 0. The fourth-order valence-corrected chi connectivity index (χ4v) is 3.12. The quantitative estimate of drug-likeness (QED) is 0.706. The van der Waals surface area contributed by atoms with Crippen molar-refractivity contribution >= 4 is 23.7 Å². The van der Waals surface area contributed by atoms with Crippen molar-refractivity contribution in [2.75, 3.05) is 19.6 Å². The number of amides is 3. The van der Waals surface area contributed by atoms with Crippen LogP contribution < -0.4 is 5.32 Å². The third kappa shape index (κ3) is 3.37. The standard InChI is InChI=1S/C14H21N3O5/c1-9(18)16-6-2-4-10(16)13(20)15-8-12(19)17-7-3-5-11(17)14(21)22/h10-11H,2-8H2,1H3,(H,15,20)(H,21,22)/t10-,11-/m0/s1. The number of carboxylic acid groups (broad SMARTS) is 1. The van der Waals surface area contributed by atoms with E-state index in [2.05, 4.69) is 5.32 Å². The zero-order valence-corrected chi connectivity index (χ0v) is 12.6. The van der Waals surface area contributed by atoms with Crippen LogP contribution in [-0.4, -0.2) is 70.3 Å². The Labute approximate surface area is 128 Å². The van der Waals surface area contributed by atoms with Gasteiger partial charge in [-0.25, -0.2) is 4.79 Å². The average Bonchev–Trinajstić information content (AvgIpc) is 3.12. The van der Waals surface area contributed by atoms with Crippen LogP contribution >= 0.6 is 0 Å². The van der Waals surface area contributed by atoms with Crippen molar-refractivity contribution in [3.05, 3.63) is 0 Å². The summed E-state index contributed by atoms with van der Waals surface area (Å²) in [6, 6.07) is -1.33. The number of nitrogens with one attached hydrogen (secondary N) is 1. The van der Waals surface area contributed by atoms with Crippen LogP contribution in [0.15, 0.2) is 0 Å².